The third kappa shape index (κ3) is 1.51. The molecule has 2 heteroatoms. The molecule has 0 aromatic heterocycles. The van der Waals surface area contributed by atoms with E-state index in [1.54, 1.807) is 7.11 Å². The smallest absolute Gasteiger partial charge is 0.189 e. The molecule has 0 spiro atoms. The second-order valence-electron chi connectivity index (χ2n) is 3.67. The van der Waals surface area contributed by atoms with Crippen LogP contribution in [-0.4, -0.2) is 19.5 Å². The lowest BCUT2D eigenvalue weighted by Gasteiger charge is -2.10. The van der Waals surface area contributed by atoms with Gasteiger partial charge in [-0.2, -0.15) is 0 Å². The predicted octanol–water partition coefficient (Wildman–Crippen LogP) is 2.56. The number of carbonyl (C=O) groups is 1. The molecule has 0 amide bonds. The van der Waals surface area contributed by atoms with Crippen LogP contribution in [0.5, 0.6) is 0 Å². The third-order valence-corrected chi connectivity index (χ3v) is 2.86. The van der Waals surface area contributed by atoms with Crippen LogP contribution in [0.1, 0.15) is 28.8 Å². The molecular formula is C13H14O2. The van der Waals surface area contributed by atoms with E-state index < -0.39 is 0 Å². The summed E-state index contributed by atoms with van der Waals surface area (Å²) in [6, 6.07) is 7.76. The van der Waals surface area contributed by atoms with Crippen molar-refractivity contribution in [2.24, 2.45) is 0 Å². The molecule has 2 rings (SSSR count). The van der Waals surface area contributed by atoms with Crippen molar-refractivity contribution in [2.45, 2.75) is 12.8 Å². The molecule has 0 N–H and O–H groups in total. The molecule has 1 aliphatic carbocycles. The summed E-state index contributed by atoms with van der Waals surface area (Å²) < 4.78 is 5.17. The first-order chi connectivity index (χ1) is 7.29. The molecule has 0 bridgehead atoms. The summed E-state index contributed by atoms with van der Waals surface area (Å²) in [5.74, 6) is 0.263. The van der Waals surface area contributed by atoms with Gasteiger partial charge in [-0.05, 0) is 12.5 Å². The topological polar surface area (TPSA) is 26.3 Å². The second-order valence-corrected chi connectivity index (χ2v) is 3.67. The van der Waals surface area contributed by atoms with Crippen molar-refractivity contribution in [1.82, 2.24) is 0 Å². The molecule has 0 radical (unpaired) electrons. The van der Waals surface area contributed by atoms with E-state index in [4.69, 9.17) is 4.74 Å². The van der Waals surface area contributed by atoms with E-state index in [1.165, 1.54) is 0 Å². The van der Waals surface area contributed by atoms with Crippen LogP contribution in [0.25, 0.3) is 0 Å². The first-order valence-corrected chi connectivity index (χ1v) is 5.08. The van der Waals surface area contributed by atoms with E-state index >= 15 is 0 Å². The van der Waals surface area contributed by atoms with E-state index in [0.717, 1.165) is 16.7 Å². The molecule has 1 atom stereocenters. The Morgan fingerprint density at radius 3 is 2.80 bits per heavy atom. The molecule has 0 heterocycles. The van der Waals surface area contributed by atoms with Gasteiger partial charge in [0.1, 0.15) is 0 Å². The minimum atomic E-state index is 0.115. The van der Waals surface area contributed by atoms with E-state index in [2.05, 4.69) is 0 Å². The summed E-state index contributed by atoms with van der Waals surface area (Å²) in [7, 11) is 1.67. The fraction of sp³-hybridized carbons (Fsp3) is 0.308. The number of allylic oxidation sites excluding steroid dienone is 1. The fourth-order valence-corrected chi connectivity index (χ4v) is 2.17. The lowest BCUT2D eigenvalue weighted by atomic mass is 9.99. The van der Waals surface area contributed by atoms with Crippen LogP contribution in [0.3, 0.4) is 0 Å². The van der Waals surface area contributed by atoms with Crippen molar-refractivity contribution >= 4 is 5.78 Å². The Morgan fingerprint density at radius 2 is 2.13 bits per heavy atom. The first-order valence-electron chi connectivity index (χ1n) is 5.08. The molecule has 1 aliphatic rings. The fourth-order valence-electron chi connectivity index (χ4n) is 2.17. The number of ether oxygens (including phenoxy) is 1. The Morgan fingerprint density at radius 1 is 1.40 bits per heavy atom. The Hall–Kier alpha value is -1.41. The van der Waals surface area contributed by atoms with Gasteiger partial charge in [-0.25, -0.2) is 0 Å². The Bertz CT molecular complexity index is 418. The van der Waals surface area contributed by atoms with Crippen LogP contribution in [-0.2, 0) is 4.74 Å². The maximum atomic E-state index is 12.0. The van der Waals surface area contributed by atoms with E-state index in [9.17, 15) is 4.79 Å². The van der Waals surface area contributed by atoms with Gasteiger partial charge in [0.25, 0.3) is 0 Å². The number of ketones is 1. The van der Waals surface area contributed by atoms with Crippen LogP contribution >= 0.6 is 0 Å². The van der Waals surface area contributed by atoms with Gasteiger partial charge in [0.15, 0.2) is 5.78 Å². The highest BCUT2D eigenvalue weighted by atomic mass is 16.5. The van der Waals surface area contributed by atoms with Crippen molar-refractivity contribution < 1.29 is 9.53 Å². The Balaban J connectivity index is 2.51. The number of carbonyl (C=O) groups excluding carboxylic acids is 1. The lowest BCUT2D eigenvalue weighted by molar-refractivity contribution is 0.103. The maximum absolute atomic E-state index is 12.0. The summed E-state index contributed by atoms with van der Waals surface area (Å²) in [6.45, 7) is 2.48. The predicted molar refractivity (Wildman–Crippen MR) is 59.1 cm³/mol. The average molecular weight is 202 g/mol. The van der Waals surface area contributed by atoms with Gasteiger partial charge >= 0.3 is 0 Å². The molecule has 2 nitrogen and oxygen atoms in total. The molecule has 0 saturated heterocycles. The Labute approximate surface area is 89.6 Å². The number of methoxy groups -OCH3 is 1. The summed E-state index contributed by atoms with van der Waals surface area (Å²) >= 11 is 0. The number of Topliss-reactive ketones (excluding diaryl/α,β-unsaturated/α-hetero) is 1. The lowest BCUT2D eigenvalue weighted by Crippen LogP contribution is -2.06. The number of fused-ring (bicyclic) bond motifs is 1. The van der Waals surface area contributed by atoms with Crippen molar-refractivity contribution in [3.8, 4) is 0 Å². The maximum Gasteiger partial charge on any atom is 0.189 e. The van der Waals surface area contributed by atoms with E-state index in [0.29, 0.717) is 6.61 Å². The normalized spacial score (nSPS) is 22.1. The van der Waals surface area contributed by atoms with Gasteiger partial charge < -0.3 is 4.74 Å². The summed E-state index contributed by atoms with van der Waals surface area (Å²) in [6.07, 6.45) is 1.89. The summed E-state index contributed by atoms with van der Waals surface area (Å²) in [4.78, 5) is 12.0. The minimum Gasteiger partial charge on any atom is -0.384 e. The van der Waals surface area contributed by atoms with Crippen LogP contribution in [0.4, 0.5) is 0 Å². The van der Waals surface area contributed by atoms with Gasteiger partial charge in [0.05, 0.1) is 6.61 Å². The molecule has 78 valence electrons. The summed E-state index contributed by atoms with van der Waals surface area (Å²) in [5, 5.41) is 0. The monoisotopic (exact) mass is 202 g/mol. The van der Waals surface area contributed by atoms with Crippen molar-refractivity contribution in [3.05, 3.63) is 47.0 Å². The van der Waals surface area contributed by atoms with Crippen LogP contribution in [0.2, 0.25) is 0 Å². The highest BCUT2D eigenvalue weighted by Crippen LogP contribution is 2.37. The number of hydrogen-bond acceptors (Lipinski definition) is 2. The van der Waals surface area contributed by atoms with Gasteiger partial charge in [-0.1, -0.05) is 30.3 Å². The van der Waals surface area contributed by atoms with Crippen molar-refractivity contribution in [3.63, 3.8) is 0 Å². The third-order valence-electron chi connectivity index (χ3n) is 2.86. The van der Waals surface area contributed by atoms with Crippen LogP contribution in [0, 0.1) is 0 Å². The van der Waals surface area contributed by atoms with Gasteiger partial charge in [-0.3, -0.25) is 4.79 Å². The standard InChI is InChI=1S/C13H14O2/c1-3-9-12(8-15-2)10-6-4-5-7-11(10)13(9)14/h3-7,12H,8H2,1-2H3/b9-3-. The molecule has 15 heavy (non-hydrogen) atoms. The second kappa shape index (κ2) is 3.99. The van der Waals surface area contributed by atoms with Crippen LogP contribution in [0.15, 0.2) is 35.9 Å². The molecule has 1 unspecified atom stereocenters. The molecule has 0 saturated carbocycles. The quantitative estimate of drug-likeness (QED) is 0.689. The number of hydrogen-bond donors (Lipinski definition) is 0. The molecule has 1 aromatic carbocycles. The summed E-state index contributed by atoms with van der Waals surface area (Å²) in [5.41, 5.74) is 2.78. The molecule has 1 aromatic rings. The zero-order chi connectivity index (χ0) is 10.8. The highest BCUT2D eigenvalue weighted by molar-refractivity contribution is 6.14. The SMILES string of the molecule is C/C=C1\C(=O)c2ccccc2C1COC. The average Bonchev–Trinajstić information content (AvgIpc) is 2.54. The zero-order valence-corrected chi connectivity index (χ0v) is 8.99. The minimum absolute atomic E-state index is 0.115. The Kier molecular flexibility index (Phi) is 2.69. The van der Waals surface area contributed by atoms with Crippen molar-refractivity contribution in [2.75, 3.05) is 13.7 Å². The van der Waals surface area contributed by atoms with Gasteiger partial charge in [0.2, 0.25) is 0 Å². The van der Waals surface area contributed by atoms with Crippen molar-refractivity contribution in [1.29, 1.82) is 0 Å². The molecular weight excluding hydrogens is 188 g/mol. The highest BCUT2D eigenvalue weighted by Gasteiger charge is 2.33. The van der Waals surface area contributed by atoms with E-state index in [1.807, 2.05) is 37.3 Å². The zero-order valence-electron chi connectivity index (χ0n) is 8.99. The molecule has 0 fully saturated rings. The number of benzene rings is 1. The van der Waals surface area contributed by atoms with Crippen LogP contribution < -0.4 is 0 Å². The van der Waals surface area contributed by atoms with Gasteiger partial charge in [0, 0.05) is 24.2 Å². The first kappa shape index (κ1) is 10.1. The molecule has 0 aliphatic heterocycles. The largest absolute Gasteiger partial charge is 0.384 e. The van der Waals surface area contributed by atoms with E-state index in [-0.39, 0.29) is 11.7 Å². The number of rotatable bonds is 2. The van der Waals surface area contributed by atoms with Gasteiger partial charge in [-0.15, -0.1) is 0 Å².